The first kappa shape index (κ1) is 11.4. The Bertz CT molecular complexity index is 475. The summed E-state index contributed by atoms with van der Waals surface area (Å²) in [5, 5.41) is 6.89. The van der Waals surface area contributed by atoms with Crippen molar-refractivity contribution in [3.63, 3.8) is 0 Å². The monoisotopic (exact) mass is 253 g/mol. The van der Waals surface area contributed by atoms with Gasteiger partial charge in [-0.2, -0.15) is 0 Å². The first-order valence-electron chi connectivity index (χ1n) is 4.93. The average Bonchev–Trinajstić information content (AvgIpc) is 2.63. The molecular formula is C11H12ClN3S. The van der Waals surface area contributed by atoms with Crippen molar-refractivity contribution < 1.29 is 0 Å². The number of nitrogens with one attached hydrogen (secondary N) is 1. The Morgan fingerprint density at radius 3 is 2.88 bits per heavy atom. The lowest BCUT2D eigenvalue weighted by Crippen LogP contribution is -2.02. The van der Waals surface area contributed by atoms with Crippen LogP contribution in [0.4, 0.5) is 5.69 Å². The molecule has 0 aliphatic heterocycles. The van der Waals surface area contributed by atoms with Gasteiger partial charge in [0, 0.05) is 11.6 Å². The molecule has 0 radical (unpaired) electrons. The smallest absolute Gasteiger partial charge is 0.152 e. The molecule has 0 aromatic carbocycles. The summed E-state index contributed by atoms with van der Waals surface area (Å²) >= 11 is 7.66. The van der Waals surface area contributed by atoms with Crippen molar-refractivity contribution in [1.29, 1.82) is 0 Å². The van der Waals surface area contributed by atoms with E-state index in [1.807, 2.05) is 25.3 Å². The minimum Gasteiger partial charge on any atom is -0.377 e. The molecule has 0 spiro atoms. The van der Waals surface area contributed by atoms with Gasteiger partial charge in [-0.05, 0) is 25.5 Å². The van der Waals surface area contributed by atoms with Crippen LogP contribution in [0.15, 0.2) is 17.6 Å². The molecule has 5 heteroatoms. The van der Waals surface area contributed by atoms with Gasteiger partial charge in [0.25, 0.3) is 0 Å². The van der Waals surface area contributed by atoms with Crippen molar-refractivity contribution in [3.8, 4) is 0 Å². The van der Waals surface area contributed by atoms with E-state index in [-0.39, 0.29) is 0 Å². The minimum absolute atomic E-state index is 0.506. The van der Waals surface area contributed by atoms with Crippen molar-refractivity contribution in [2.45, 2.75) is 20.4 Å². The van der Waals surface area contributed by atoms with Gasteiger partial charge in [-0.1, -0.05) is 11.6 Å². The summed E-state index contributed by atoms with van der Waals surface area (Å²) in [5.41, 5.74) is 3.00. The average molecular weight is 254 g/mol. The number of halogens is 1. The molecular weight excluding hydrogens is 242 g/mol. The fourth-order valence-corrected chi connectivity index (χ4v) is 2.29. The third-order valence-corrected chi connectivity index (χ3v) is 3.33. The summed E-state index contributed by atoms with van der Waals surface area (Å²) in [4.78, 5) is 8.42. The maximum absolute atomic E-state index is 6.01. The van der Waals surface area contributed by atoms with E-state index in [1.54, 1.807) is 17.5 Å². The van der Waals surface area contributed by atoms with Crippen LogP contribution in [0.25, 0.3) is 0 Å². The summed E-state index contributed by atoms with van der Waals surface area (Å²) in [7, 11) is 0. The summed E-state index contributed by atoms with van der Waals surface area (Å²) < 4.78 is 0. The molecule has 3 nitrogen and oxygen atoms in total. The predicted octanol–water partition coefficient (Wildman–Crippen LogP) is 3.42. The molecule has 0 aliphatic rings. The zero-order chi connectivity index (χ0) is 11.5. The number of anilines is 1. The lowest BCUT2D eigenvalue weighted by molar-refractivity contribution is 1.05. The van der Waals surface area contributed by atoms with E-state index in [0.29, 0.717) is 11.7 Å². The van der Waals surface area contributed by atoms with Crippen molar-refractivity contribution in [2.75, 3.05) is 5.32 Å². The molecule has 0 saturated carbocycles. The molecule has 0 saturated heterocycles. The van der Waals surface area contributed by atoms with Crippen LogP contribution in [0, 0.1) is 13.8 Å². The summed E-state index contributed by atoms with van der Waals surface area (Å²) in [6.45, 7) is 4.68. The van der Waals surface area contributed by atoms with Gasteiger partial charge in [-0.25, -0.2) is 9.97 Å². The van der Waals surface area contributed by atoms with Gasteiger partial charge in [-0.15, -0.1) is 11.3 Å². The first-order chi connectivity index (χ1) is 7.66. The zero-order valence-corrected chi connectivity index (χ0v) is 10.7. The molecule has 1 N–H and O–H groups in total. The summed E-state index contributed by atoms with van der Waals surface area (Å²) in [6, 6.07) is 1.93. The molecule has 0 atom stereocenters. The first-order valence-corrected chi connectivity index (χ1v) is 6.18. The van der Waals surface area contributed by atoms with E-state index in [9.17, 15) is 0 Å². The Hall–Kier alpha value is -1.13. The fourth-order valence-electron chi connectivity index (χ4n) is 1.41. The highest BCUT2D eigenvalue weighted by Crippen LogP contribution is 2.23. The van der Waals surface area contributed by atoms with Crippen LogP contribution in [0.1, 0.15) is 16.3 Å². The summed E-state index contributed by atoms with van der Waals surface area (Å²) in [6.07, 6.45) is 1.70. The van der Waals surface area contributed by atoms with Gasteiger partial charge in [0.1, 0.15) is 0 Å². The van der Waals surface area contributed by atoms with E-state index in [2.05, 4.69) is 15.3 Å². The van der Waals surface area contributed by atoms with Gasteiger partial charge < -0.3 is 5.32 Å². The third kappa shape index (κ3) is 2.51. The number of hydrogen-bond donors (Lipinski definition) is 1. The molecule has 2 rings (SSSR count). The van der Waals surface area contributed by atoms with E-state index < -0.39 is 0 Å². The van der Waals surface area contributed by atoms with Crippen LogP contribution in [0.3, 0.4) is 0 Å². The molecule has 84 valence electrons. The topological polar surface area (TPSA) is 37.8 Å². The summed E-state index contributed by atoms with van der Waals surface area (Å²) in [5.74, 6) is 0. The number of rotatable bonds is 3. The highest BCUT2D eigenvalue weighted by molar-refractivity contribution is 7.09. The fraction of sp³-hybridized carbons (Fsp3) is 0.273. The van der Waals surface area contributed by atoms with Crippen molar-refractivity contribution >= 4 is 28.6 Å². The third-order valence-electron chi connectivity index (χ3n) is 2.23. The van der Waals surface area contributed by atoms with Crippen molar-refractivity contribution in [1.82, 2.24) is 9.97 Å². The Morgan fingerprint density at radius 1 is 1.44 bits per heavy atom. The number of hydrogen-bond acceptors (Lipinski definition) is 4. The normalized spacial score (nSPS) is 10.4. The molecule has 16 heavy (non-hydrogen) atoms. The largest absolute Gasteiger partial charge is 0.377 e. The Labute approximate surface area is 104 Å². The van der Waals surface area contributed by atoms with Crippen LogP contribution in [0.2, 0.25) is 5.15 Å². The van der Waals surface area contributed by atoms with E-state index in [1.165, 1.54) is 0 Å². The van der Waals surface area contributed by atoms with Gasteiger partial charge in [-0.3, -0.25) is 0 Å². The lowest BCUT2D eigenvalue weighted by atomic mass is 10.2. The molecule has 0 aliphatic carbocycles. The van der Waals surface area contributed by atoms with Crippen molar-refractivity contribution in [3.05, 3.63) is 39.1 Å². The maximum atomic E-state index is 6.01. The van der Waals surface area contributed by atoms with Crippen LogP contribution in [-0.4, -0.2) is 9.97 Å². The second-order valence-electron chi connectivity index (χ2n) is 3.51. The van der Waals surface area contributed by atoms with E-state index in [0.717, 1.165) is 22.0 Å². The zero-order valence-electron chi connectivity index (χ0n) is 9.12. The molecule has 2 aromatic rings. The van der Waals surface area contributed by atoms with Crippen LogP contribution < -0.4 is 5.32 Å². The molecule has 0 amide bonds. The molecule has 0 fully saturated rings. The van der Waals surface area contributed by atoms with Crippen molar-refractivity contribution in [2.24, 2.45) is 0 Å². The quantitative estimate of drug-likeness (QED) is 0.852. The second-order valence-corrected chi connectivity index (χ2v) is 4.93. The number of aromatic nitrogens is 2. The number of aryl methyl sites for hydroxylation is 2. The Kier molecular flexibility index (Phi) is 3.41. The maximum Gasteiger partial charge on any atom is 0.152 e. The van der Waals surface area contributed by atoms with Gasteiger partial charge >= 0.3 is 0 Å². The van der Waals surface area contributed by atoms with Crippen LogP contribution >= 0.6 is 22.9 Å². The number of pyridine rings is 1. The standard InChI is InChI=1S/C11H12ClN3S/c1-7-3-4-13-11(12)10(7)14-5-9-6-16-8(2)15-9/h3-4,6,14H,5H2,1-2H3. The lowest BCUT2D eigenvalue weighted by Gasteiger charge is -2.08. The highest BCUT2D eigenvalue weighted by Gasteiger charge is 2.05. The number of nitrogens with zero attached hydrogens (tertiary/aromatic N) is 2. The Balaban J connectivity index is 2.10. The van der Waals surface area contributed by atoms with Crippen LogP contribution in [0.5, 0.6) is 0 Å². The predicted molar refractivity (Wildman–Crippen MR) is 68.2 cm³/mol. The van der Waals surface area contributed by atoms with Gasteiger partial charge in [0.05, 0.1) is 22.9 Å². The minimum atomic E-state index is 0.506. The molecule has 2 heterocycles. The van der Waals surface area contributed by atoms with Crippen LogP contribution in [-0.2, 0) is 6.54 Å². The van der Waals surface area contributed by atoms with E-state index >= 15 is 0 Å². The molecule has 0 unspecified atom stereocenters. The number of thiazole rings is 1. The Morgan fingerprint density at radius 2 is 2.25 bits per heavy atom. The van der Waals surface area contributed by atoms with Gasteiger partial charge in [0.15, 0.2) is 5.15 Å². The van der Waals surface area contributed by atoms with E-state index in [4.69, 9.17) is 11.6 Å². The second kappa shape index (κ2) is 4.80. The molecule has 2 aromatic heterocycles. The SMILES string of the molecule is Cc1nc(CNc2c(C)ccnc2Cl)cs1. The molecule has 0 bridgehead atoms. The van der Waals surface area contributed by atoms with Gasteiger partial charge in [0.2, 0.25) is 0 Å². The highest BCUT2D eigenvalue weighted by atomic mass is 35.5.